The fourth-order valence-electron chi connectivity index (χ4n) is 1.16. The monoisotopic (exact) mass is 231 g/mol. The van der Waals surface area contributed by atoms with Gasteiger partial charge in [-0.05, 0) is 24.9 Å². The molecule has 0 N–H and O–H groups in total. The van der Waals surface area contributed by atoms with Gasteiger partial charge in [-0.2, -0.15) is 5.26 Å². The molecule has 0 amide bonds. The van der Waals surface area contributed by atoms with E-state index in [2.05, 4.69) is 0 Å². The van der Waals surface area contributed by atoms with Crippen LogP contribution in [0, 0.1) is 17.2 Å². The summed E-state index contributed by atoms with van der Waals surface area (Å²) in [7, 11) is 0. The van der Waals surface area contributed by atoms with Crippen molar-refractivity contribution in [2.24, 2.45) is 5.92 Å². The van der Waals surface area contributed by atoms with Crippen LogP contribution in [0.2, 0.25) is 0 Å². The van der Waals surface area contributed by atoms with Crippen molar-refractivity contribution in [1.82, 2.24) is 0 Å². The summed E-state index contributed by atoms with van der Waals surface area (Å²) in [5, 5.41) is 8.90. The molecule has 0 aromatic heterocycles. The number of rotatable bonds is 3. The maximum Gasteiger partial charge on any atom is 0.325 e. The Hall–Kier alpha value is -0.340. The molecule has 1 aliphatic rings. The van der Waals surface area contributed by atoms with Gasteiger partial charge in [0, 0.05) is 0 Å². The normalized spacial score (nSPS) is 19.7. The molecule has 0 bridgehead atoms. The zero-order valence-electron chi connectivity index (χ0n) is 8.06. The van der Waals surface area contributed by atoms with E-state index in [0.29, 0.717) is 6.61 Å². The van der Waals surface area contributed by atoms with E-state index in [1.807, 2.05) is 6.07 Å². The fraction of sp³-hybridized carbons (Fsp3) is 0.778. The molecule has 0 aromatic rings. The Balaban J connectivity index is 2.52. The summed E-state index contributed by atoms with van der Waals surface area (Å²) < 4.78 is 4.92. The second-order valence-corrected chi connectivity index (χ2v) is 5.62. The van der Waals surface area contributed by atoms with Gasteiger partial charge in [0.05, 0.1) is 17.3 Å². The smallest absolute Gasteiger partial charge is 0.325 e. The Bertz CT molecular complexity index is 233. The summed E-state index contributed by atoms with van der Waals surface area (Å²) in [5.74, 6) is 1.09. The zero-order chi connectivity index (χ0) is 10.4. The summed E-state index contributed by atoms with van der Waals surface area (Å²) in [6, 6.07) is 2.04. The first-order valence-electron chi connectivity index (χ1n) is 4.59. The number of ether oxygens (including phenoxy) is 1. The molecule has 1 rings (SSSR count). The van der Waals surface area contributed by atoms with Crippen LogP contribution in [-0.4, -0.2) is 28.7 Å². The number of nitriles is 1. The van der Waals surface area contributed by atoms with Crippen LogP contribution >= 0.6 is 23.5 Å². The number of carbonyl (C=O) groups is 1. The molecule has 78 valence electrons. The van der Waals surface area contributed by atoms with Gasteiger partial charge in [-0.25, -0.2) is 0 Å². The largest absolute Gasteiger partial charge is 0.465 e. The third kappa shape index (κ3) is 3.10. The predicted molar refractivity (Wildman–Crippen MR) is 59.1 cm³/mol. The minimum absolute atomic E-state index is 0.0628. The third-order valence-electron chi connectivity index (χ3n) is 1.80. The summed E-state index contributed by atoms with van der Waals surface area (Å²) in [4.78, 5) is 11.4. The molecule has 1 aliphatic heterocycles. The molecule has 1 fully saturated rings. The van der Waals surface area contributed by atoms with Crippen molar-refractivity contribution in [2.75, 3.05) is 18.1 Å². The first kappa shape index (κ1) is 11.7. The standard InChI is InChI=1S/C9H13NO2S2/c1-2-12-8(11)7(6-10)9-13-4-3-5-14-9/h7,9H,2-5H2,1H3. The molecular weight excluding hydrogens is 218 g/mol. The van der Waals surface area contributed by atoms with Crippen LogP contribution in [0.1, 0.15) is 13.3 Å². The van der Waals surface area contributed by atoms with Gasteiger partial charge < -0.3 is 4.74 Å². The molecule has 0 aliphatic carbocycles. The number of hydrogen-bond donors (Lipinski definition) is 0. The van der Waals surface area contributed by atoms with E-state index in [9.17, 15) is 4.79 Å². The van der Waals surface area contributed by atoms with Crippen molar-refractivity contribution in [1.29, 1.82) is 5.26 Å². The second kappa shape index (κ2) is 6.20. The fourth-order valence-corrected chi connectivity index (χ4v) is 4.12. The van der Waals surface area contributed by atoms with Crippen molar-refractivity contribution in [3.8, 4) is 6.07 Å². The maximum absolute atomic E-state index is 11.4. The van der Waals surface area contributed by atoms with Crippen molar-refractivity contribution in [2.45, 2.75) is 17.9 Å². The van der Waals surface area contributed by atoms with Crippen LogP contribution < -0.4 is 0 Å². The Kier molecular flexibility index (Phi) is 5.20. The summed E-state index contributed by atoms with van der Waals surface area (Å²) in [6.45, 7) is 2.10. The third-order valence-corrected chi connectivity index (χ3v) is 4.87. The zero-order valence-corrected chi connectivity index (χ0v) is 9.70. The molecule has 1 heterocycles. The number of thioether (sulfide) groups is 2. The molecule has 3 nitrogen and oxygen atoms in total. The van der Waals surface area contributed by atoms with E-state index in [1.165, 1.54) is 0 Å². The van der Waals surface area contributed by atoms with Crippen LogP contribution in [0.4, 0.5) is 0 Å². The van der Waals surface area contributed by atoms with Gasteiger partial charge in [0.15, 0.2) is 5.92 Å². The van der Waals surface area contributed by atoms with E-state index in [1.54, 1.807) is 30.4 Å². The summed E-state index contributed by atoms with van der Waals surface area (Å²) in [6.07, 6.45) is 1.16. The Morgan fingerprint density at radius 1 is 1.64 bits per heavy atom. The predicted octanol–water partition coefficient (Wildman–Crippen LogP) is 1.89. The molecule has 1 atom stereocenters. The lowest BCUT2D eigenvalue weighted by Gasteiger charge is -2.23. The van der Waals surface area contributed by atoms with Crippen LogP contribution in [-0.2, 0) is 9.53 Å². The van der Waals surface area contributed by atoms with E-state index < -0.39 is 5.92 Å². The number of nitrogens with zero attached hydrogens (tertiary/aromatic N) is 1. The van der Waals surface area contributed by atoms with Crippen LogP contribution in [0.5, 0.6) is 0 Å². The number of esters is 1. The Labute approximate surface area is 92.6 Å². The second-order valence-electron chi connectivity index (χ2n) is 2.82. The van der Waals surface area contributed by atoms with Gasteiger partial charge in [-0.1, -0.05) is 0 Å². The van der Waals surface area contributed by atoms with E-state index in [4.69, 9.17) is 10.00 Å². The van der Waals surface area contributed by atoms with E-state index in [-0.39, 0.29) is 10.6 Å². The summed E-state index contributed by atoms with van der Waals surface area (Å²) >= 11 is 3.38. The SMILES string of the molecule is CCOC(=O)C(C#N)C1SCCCS1. The van der Waals surface area contributed by atoms with Crippen molar-refractivity contribution < 1.29 is 9.53 Å². The average molecular weight is 231 g/mol. The Morgan fingerprint density at radius 3 is 2.79 bits per heavy atom. The number of hydrogen-bond acceptors (Lipinski definition) is 5. The van der Waals surface area contributed by atoms with Gasteiger partial charge in [0.25, 0.3) is 0 Å². The molecular formula is C9H13NO2S2. The van der Waals surface area contributed by atoms with Crippen molar-refractivity contribution >= 4 is 29.5 Å². The molecule has 5 heteroatoms. The van der Waals surface area contributed by atoms with Crippen LogP contribution in [0.3, 0.4) is 0 Å². The molecule has 0 radical (unpaired) electrons. The molecule has 1 saturated heterocycles. The lowest BCUT2D eigenvalue weighted by atomic mass is 10.2. The van der Waals surface area contributed by atoms with Gasteiger partial charge in [-0.15, -0.1) is 23.5 Å². The Morgan fingerprint density at radius 2 is 2.29 bits per heavy atom. The highest BCUT2D eigenvalue weighted by molar-refractivity contribution is 8.17. The minimum atomic E-state index is -0.606. The van der Waals surface area contributed by atoms with Crippen molar-refractivity contribution in [3.63, 3.8) is 0 Å². The van der Waals surface area contributed by atoms with Gasteiger partial charge in [0.2, 0.25) is 0 Å². The van der Waals surface area contributed by atoms with E-state index >= 15 is 0 Å². The quantitative estimate of drug-likeness (QED) is 0.694. The highest BCUT2D eigenvalue weighted by Crippen LogP contribution is 2.36. The summed E-state index contributed by atoms with van der Waals surface area (Å²) in [5.41, 5.74) is 0. The van der Waals surface area contributed by atoms with Gasteiger partial charge in [-0.3, -0.25) is 4.79 Å². The first-order valence-corrected chi connectivity index (χ1v) is 6.68. The highest BCUT2D eigenvalue weighted by atomic mass is 32.2. The van der Waals surface area contributed by atoms with E-state index in [0.717, 1.165) is 17.9 Å². The first-order chi connectivity index (χ1) is 6.79. The molecule has 1 unspecified atom stereocenters. The van der Waals surface area contributed by atoms with Crippen LogP contribution in [0.15, 0.2) is 0 Å². The van der Waals surface area contributed by atoms with Gasteiger partial charge in [0.1, 0.15) is 0 Å². The van der Waals surface area contributed by atoms with Gasteiger partial charge >= 0.3 is 5.97 Å². The molecule has 0 saturated carbocycles. The maximum atomic E-state index is 11.4. The number of carbonyl (C=O) groups excluding carboxylic acids is 1. The molecule has 0 aromatic carbocycles. The highest BCUT2D eigenvalue weighted by Gasteiger charge is 2.31. The van der Waals surface area contributed by atoms with Crippen molar-refractivity contribution in [3.05, 3.63) is 0 Å². The van der Waals surface area contributed by atoms with Crippen LogP contribution in [0.25, 0.3) is 0 Å². The average Bonchev–Trinajstić information content (AvgIpc) is 2.21. The topological polar surface area (TPSA) is 50.1 Å². The molecule has 0 spiro atoms. The molecule has 14 heavy (non-hydrogen) atoms. The minimum Gasteiger partial charge on any atom is -0.465 e. The lowest BCUT2D eigenvalue weighted by Crippen LogP contribution is -2.26. The lowest BCUT2D eigenvalue weighted by molar-refractivity contribution is -0.145.